The normalized spacial score (nSPS) is 10.2. The molecule has 0 aromatic heterocycles. The summed E-state index contributed by atoms with van der Waals surface area (Å²) in [4.78, 5) is 4.09. The molecule has 0 radical (unpaired) electrons. The first-order valence-electron chi connectivity index (χ1n) is 5.76. The number of aliphatic imine (C=N–C) groups is 1. The van der Waals surface area contributed by atoms with E-state index in [2.05, 4.69) is 46.7 Å². The van der Waals surface area contributed by atoms with Crippen LogP contribution in [0.5, 0.6) is 0 Å². The van der Waals surface area contributed by atoms with E-state index in [-0.39, 0.29) is 24.0 Å². The third-order valence-corrected chi connectivity index (χ3v) is 2.53. The number of nitrogens with zero attached hydrogens (tertiary/aromatic N) is 1. The van der Waals surface area contributed by atoms with Crippen LogP contribution in [0, 0.1) is 12.3 Å². The van der Waals surface area contributed by atoms with Crippen LogP contribution in [0.25, 0.3) is 0 Å². The van der Waals surface area contributed by atoms with Gasteiger partial charge in [-0.15, -0.1) is 30.4 Å². The second-order valence-electron chi connectivity index (χ2n) is 3.61. The van der Waals surface area contributed by atoms with E-state index in [9.17, 15) is 0 Å². The third-order valence-electron chi connectivity index (χ3n) is 2.53. The standard InChI is InChI=1S/C14H19N3.HI/c1-4-10-16-14(15-3)17-11-13-9-7-6-8-12(13)5-2;/h1,6-9H,5,10-11H2,2-3H3,(H2,15,16,17);1H. The number of aryl methyl sites for hydroxylation is 1. The molecule has 0 saturated heterocycles. The van der Waals surface area contributed by atoms with Crippen LogP contribution >= 0.6 is 24.0 Å². The minimum Gasteiger partial charge on any atom is -0.352 e. The molecule has 98 valence electrons. The van der Waals surface area contributed by atoms with Gasteiger partial charge < -0.3 is 10.6 Å². The second-order valence-corrected chi connectivity index (χ2v) is 3.61. The van der Waals surface area contributed by atoms with Gasteiger partial charge >= 0.3 is 0 Å². The highest BCUT2D eigenvalue weighted by Crippen LogP contribution is 2.08. The van der Waals surface area contributed by atoms with Crippen molar-refractivity contribution in [1.29, 1.82) is 0 Å². The van der Waals surface area contributed by atoms with E-state index in [0.29, 0.717) is 6.54 Å². The van der Waals surface area contributed by atoms with E-state index in [0.717, 1.165) is 18.9 Å². The van der Waals surface area contributed by atoms with Crippen LogP contribution in [-0.2, 0) is 13.0 Å². The van der Waals surface area contributed by atoms with Crippen molar-refractivity contribution >= 4 is 29.9 Å². The van der Waals surface area contributed by atoms with Crippen molar-refractivity contribution in [2.24, 2.45) is 4.99 Å². The predicted molar refractivity (Wildman–Crippen MR) is 88.3 cm³/mol. The quantitative estimate of drug-likeness (QED) is 0.375. The maximum atomic E-state index is 5.19. The molecule has 0 saturated carbocycles. The summed E-state index contributed by atoms with van der Waals surface area (Å²) in [5, 5.41) is 6.27. The number of nitrogens with one attached hydrogen (secondary N) is 2. The Hall–Kier alpha value is -1.22. The highest BCUT2D eigenvalue weighted by atomic mass is 127. The van der Waals surface area contributed by atoms with Gasteiger partial charge in [0.2, 0.25) is 0 Å². The van der Waals surface area contributed by atoms with E-state index < -0.39 is 0 Å². The van der Waals surface area contributed by atoms with Crippen LogP contribution in [-0.4, -0.2) is 19.6 Å². The van der Waals surface area contributed by atoms with E-state index in [4.69, 9.17) is 6.42 Å². The van der Waals surface area contributed by atoms with Gasteiger partial charge in [0, 0.05) is 13.6 Å². The first-order valence-corrected chi connectivity index (χ1v) is 5.76. The average molecular weight is 357 g/mol. The monoisotopic (exact) mass is 357 g/mol. The van der Waals surface area contributed by atoms with Gasteiger partial charge in [-0.3, -0.25) is 4.99 Å². The largest absolute Gasteiger partial charge is 0.352 e. The molecule has 0 heterocycles. The van der Waals surface area contributed by atoms with Gasteiger partial charge in [0.1, 0.15) is 0 Å². The smallest absolute Gasteiger partial charge is 0.192 e. The van der Waals surface area contributed by atoms with Gasteiger partial charge in [0.05, 0.1) is 6.54 Å². The van der Waals surface area contributed by atoms with E-state index >= 15 is 0 Å². The maximum absolute atomic E-state index is 5.19. The molecular formula is C14H20IN3. The van der Waals surface area contributed by atoms with Gasteiger partial charge in [0.15, 0.2) is 5.96 Å². The average Bonchev–Trinajstić information content (AvgIpc) is 2.39. The molecule has 0 aliphatic heterocycles. The molecule has 1 rings (SSSR count). The first kappa shape index (κ1) is 16.8. The lowest BCUT2D eigenvalue weighted by Crippen LogP contribution is -2.37. The van der Waals surface area contributed by atoms with E-state index in [1.807, 2.05) is 6.07 Å². The highest BCUT2D eigenvalue weighted by molar-refractivity contribution is 14.0. The third kappa shape index (κ3) is 5.41. The summed E-state index contributed by atoms with van der Waals surface area (Å²) in [6, 6.07) is 8.39. The molecule has 0 bridgehead atoms. The summed E-state index contributed by atoms with van der Waals surface area (Å²) in [5.74, 6) is 3.25. The number of hydrogen-bond acceptors (Lipinski definition) is 1. The summed E-state index contributed by atoms with van der Waals surface area (Å²) >= 11 is 0. The van der Waals surface area contributed by atoms with Crippen LogP contribution in [0.2, 0.25) is 0 Å². The Bertz CT molecular complexity index is 421. The summed E-state index contributed by atoms with van der Waals surface area (Å²) < 4.78 is 0. The molecule has 0 atom stereocenters. The number of rotatable bonds is 4. The van der Waals surface area contributed by atoms with E-state index in [1.165, 1.54) is 11.1 Å². The SMILES string of the molecule is C#CCNC(=NC)NCc1ccccc1CC.I. The summed E-state index contributed by atoms with van der Waals surface area (Å²) in [6.45, 7) is 3.40. The molecule has 2 N–H and O–H groups in total. The van der Waals surface area contributed by atoms with Crippen LogP contribution in [0.1, 0.15) is 18.1 Å². The zero-order valence-corrected chi connectivity index (χ0v) is 13.2. The van der Waals surface area contributed by atoms with Crippen LogP contribution in [0.4, 0.5) is 0 Å². The van der Waals surface area contributed by atoms with Gasteiger partial charge in [0.25, 0.3) is 0 Å². The van der Waals surface area contributed by atoms with Crippen molar-refractivity contribution in [3.63, 3.8) is 0 Å². The fraction of sp³-hybridized carbons (Fsp3) is 0.357. The summed E-state index contributed by atoms with van der Waals surface area (Å²) in [7, 11) is 1.73. The molecule has 0 unspecified atom stereocenters. The molecule has 1 aromatic rings. The van der Waals surface area contributed by atoms with E-state index in [1.54, 1.807) is 7.05 Å². The molecular weight excluding hydrogens is 337 g/mol. The predicted octanol–water partition coefficient (Wildman–Crippen LogP) is 2.17. The Kier molecular flexibility index (Phi) is 9.11. The van der Waals surface area contributed by atoms with Crippen LogP contribution in [0.15, 0.2) is 29.3 Å². The molecule has 0 aliphatic rings. The number of hydrogen-bond donors (Lipinski definition) is 2. The zero-order chi connectivity index (χ0) is 12.5. The van der Waals surface area contributed by atoms with Gasteiger partial charge in [-0.25, -0.2) is 0 Å². The Morgan fingerprint density at radius 2 is 1.94 bits per heavy atom. The van der Waals surface area contributed by atoms with Gasteiger partial charge in [-0.05, 0) is 17.5 Å². The number of benzene rings is 1. The minimum atomic E-state index is 0. The fourth-order valence-electron chi connectivity index (χ4n) is 1.61. The first-order chi connectivity index (χ1) is 8.31. The van der Waals surface area contributed by atoms with Crippen LogP contribution in [0.3, 0.4) is 0 Å². The Morgan fingerprint density at radius 3 is 2.50 bits per heavy atom. The molecule has 0 amide bonds. The number of terminal acetylenes is 1. The topological polar surface area (TPSA) is 36.4 Å². The van der Waals surface area contributed by atoms with Crippen LogP contribution < -0.4 is 10.6 Å². The number of guanidine groups is 1. The van der Waals surface area contributed by atoms with Crippen molar-refractivity contribution in [2.45, 2.75) is 19.9 Å². The molecule has 1 aromatic carbocycles. The highest BCUT2D eigenvalue weighted by Gasteiger charge is 2.00. The summed E-state index contributed by atoms with van der Waals surface area (Å²) in [5.41, 5.74) is 2.64. The molecule has 4 heteroatoms. The molecule has 18 heavy (non-hydrogen) atoms. The molecule has 0 fully saturated rings. The Balaban J connectivity index is 0.00000289. The lowest BCUT2D eigenvalue weighted by atomic mass is 10.1. The Labute approximate surface area is 126 Å². The lowest BCUT2D eigenvalue weighted by molar-refractivity contribution is 0.839. The zero-order valence-electron chi connectivity index (χ0n) is 10.9. The molecule has 0 aliphatic carbocycles. The van der Waals surface area contributed by atoms with Gasteiger partial charge in [-0.1, -0.05) is 37.1 Å². The summed E-state index contributed by atoms with van der Waals surface area (Å²) in [6.07, 6.45) is 6.23. The maximum Gasteiger partial charge on any atom is 0.192 e. The van der Waals surface area contributed by atoms with Crippen molar-refractivity contribution in [1.82, 2.24) is 10.6 Å². The van der Waals surface area contributed by atoms with Gasteiger partial charge in [-0.2, -0.15) is 0 Å². The minimum absolute atomic E-state index is 0. The number of halogens is 1. The second kappa shape index (κ2) is 9.77. The Morgan fingerprint density at radius 1 is 1.28 bits per heavy atom. The van der Waals surface area contributed by atoms with Crippen molar-refractivity contribution in [3.05, 3.63) is 35.4 Å². The van der Waals surface area contributed by atoms with Crippen molar-refractivity contribution < 1.29 is 0 Å². The van der Waals surface area contributed by atoms with Crippen molar-refractivity contribution in [2.75, 3.05) is 13.6 Å². The van der Waals surface area contributed by atoms with Crippen molar-refractivity contribution in [3.8, 4) is 12.3 Å². The molecule has 0 spiro atoms. The molecule has 3 nitrogen and oxygen atoms in total. The lowest BCUT2D eigenvalue weighted by Gasteiger charge is -2.12. The fourth-order valence-corrected chi connectivity index (χ4v) is 1.61.